The van der Waals surface area contributed by atoms with Crippen LogP contribution in [0.2, 0.25) is 0 Å². The van der Waals surface area contributed by atoms with Gasteiger partial charge in [-0.1, -0.05) is 19.9 Å². The second-order valence-electron chi connectivity index (χ2n) is 2.30. The fourth-order valence-electron chi connectivity index (χ4n) is 0.513. The summed E-state index contributed by atoms with van der Waals surface area (Å²) in [5.41, 5.74) is 0. The molecule has 0 saturated heterocycles. The first-order valence-electron chi connectivity index (χ1n) is 2.91. The summed E-state index contributed by atoms with van der Waals surface area (Å²) in [6.45, 7) is 7.96. The third-order valence-electron chi connectivity index (χ3n) is 1.34. The van der Waals surface area contributed by atoms with Gasteiger partial charge in [-0.15, -0.1) is 18.2 Å². The van der Waals surface area contributed by atoms with E-state index in [2.05, 4.69) is 20.4 Å². The molecule has 48 valence electrons. The van der Waals surface area contributed by atoms with Crippen molar-refractivity contribution in [1.82, 2.24) is 0 Å². The van der Waals surface area contributed by atoms with Gasteiger partial charge in [-0.2, -0.15) is 0 Å². The summed E-state index contributed by atoms with van der Waals surface area (Å²) in [6.07, 6.45) is 1.91. The lowest BCUT2D eigenvalue weighted by molar-refractivity contribution is 0.510. The zero-order chi connectivity index (χ0) is 6.57. The van der Waals surface area contributed by atoms with Gasteiger partial charge in [0, 0.05) is 5.88 Å². The van der Waals surface area contributed by atoms with Crippen LogP contribution in [-0.4, -0.2) is 5.88 Å². The van der Waals surface area contributed by atoms with E-state index < -0.39 is 0 Å². The summed E-state index contributed by atoms with van der Waals surface area (Å²) < 4.78 is 0. The van der Waals surface area contributed by atoms with Crippen LogP contribution in [0.5, 0.6) is 0 Å². The largest absolute Gasteiger partial charge is 0.126 e. The van der Waals surface area contributed by atoms with Crippen molar-refractivity contribution in [3.05, 3.63) is 12.7 Å². The van der Waals surface area contributed by atoms with Crippen molar-refractivity contribution in [2.45, 2.75) is 13.8 Å². The zero-order valence-electron chi connectivity index (χ0n) is 5.52. The van der Waals surface area contributed by atoms with Crippen molar-refractivity contribution in [1.29, 1.82) is 0 Å². The van der Waals surface area contributed by atoms with Crippen molar-refractivity contribution in [2.24, 2.45) is 11.8 Å². The van der Waals surface area contributed by atoms with Crippen LogP contribution in [0, 0.1) is 11.8 Å². The highest BCUT2D eigenvalue weighted by Crippen LogP contribution is 2.12. The van der Waals surface area contributed by atoms with E-state index in [1.165, 1.54) is 0 Å². The Morgan fingerprint density at radius 2 is 2.12 bits per heavy atom. The Kier molecular flexibility index (Phi) is 3.98. The minimum Gasteiger partial charge on any atom is -0.126 e. The van der Waals surface area contributed by atoms with E-state index >= 15 is 0 Å². The van der Waals surface area contributed by atoms with Crippen LogP contribution in [0.4, 0.5) is 0 Å². The van der Waals surface area contributed by atoms with Gasteiger partial charge in [0.25, 0.3) is 0 Å². The molecule has 0 heterocycles. The highest BCUT2D eigenvalue weighted by atomic mass is 35.5. The van der Waals surface area contributed by atoms with Gasteiger partial charge in [0.2, 0.25) is 0 Å². The van der Waals surface area contributed by atoms with Gasteiger partial charge in [0.05, 0.1) is 0 Å². The molecule has 0 aromatic carbocycles. The lowest BCUT2D eigenvalue weighted by atomic mass is 9.99. The van der Waals surface area contributed by atoms with Crippen molar-refractivity contribution in [2.75, 3.05) is 5.88 Å². The number of halogens is 1. The Labute approximate surface area is 56.5 Å². The number of rotatable bonds is 3. The Balaban J connectivity index is 3.51. The monoisotopic (exact) mass is 132 g/mol. The molecule has 0 radical (unpaired) electrons. The molecule has 8 heavy (non-hydrogen) atoms. The van der Waals surface area contributed by atoms with Crippen molar-refractivity contribution < 1.29 is 0 Å². The van der Waals surface area contributed by atoms with E-state index in [1.807, 2.05) is 6.08 Å². The molecule has 0 aliphatic rings. The normalized spacial score (nSPS) is 14.0. The van der Waals surface area contributed by atoms with E-state index in [-0.39, 0.29) is 0 Å². The van der Waals surface area contributed by atoms with E-state index in [9.17, 15) is 0 Å². The number of hydrogen-bond donors (Lipinski definition) is 0. The van der Waals surface area contributed by atoms with Gasteiger partial charge in [0.15, 0.2) is 0 Å². The van der Waals surface area contributed by atoms with Crippen LogP contribution >= 0.6 is 11.6 Å². The van der Waals surface area contributed by atoms with Crippen LogP contribution in [0.1, 0.15) is 13.8 Å². The average molecular weight is 133 g/mol. The highest BCUT2D eigenvalue weighted by Gasteiger charge is 2.05. The third kappa shape index (κ3) is 2.37. The van der Waals surface area contributed by atoms with Crippen molar-refractivity contribution in [3.63, 3.8) is 0 Å². The first-order chi connectivity index (χ1) is 3.72. The first-order valence-corrected chi connectivity index (χ1v) is 3.44. The summed E-state index contributed by atoms with van der Waals surface area (Å²) in [5.74, 6) is 1.81. The SMILES string of the molecule is C=CC(CCl)C(C)C. The lowest BCUT2D eigenvalue weighted by Crippen LogP contribution is -2.05. The average Bonchev–Trinajstić information content (AvgIpc) is 1.69. The van der Waals surface area contributed by atoms with E-state index in [1.54, 1.807) is 0 Å². The predicted molar refractivity (Wildman–Crippen MR) is 39.2 cm³/mol. The van der Waals surface area contributed by atoms with E-state index in [4.69, 9.17) is 11.6 Å². The fourth-order valence-corrected chi connectivity index (χ4v) is 0.996. The highest BCUT2D eigenvalue weighted by molar-refractivity contribution is 6.18. The molecule has 0 aliphatic carbocycles. The van der Waals surface area contributed by atoms with Gasteiger partial charge in [0.1, 0.15) is 0 Å². The standard InChI is InChI=1S/C7H13Cl/c1-4-7(5-8)6(2)3/h4,6-7H,1,5H2,2-3H3. The van der Waals surface area contributed by atoms with Crippen molar-refractivity contribution >= 4 is 11.6 Å². The minimum atomic E-state index is 0.483. The summed E-state index contributed by atoms with van der Waals surface area (Å²) in [6, 6.07) is 0. The molecule has 1 unspecified atom stereocenters. The molecule has 0 nitrogen and oxygen atoms in total. The topological polar surface area (TPSA) is 0 Å². The molecular weight excluding hydrogens is 120 g/mol. The molecule has 1 atom stereocenters. The second kappa shape index (κ2) is 3.96. The maximum absolute atomic E-state index is 5.59. The number of allylic oxidation sites excluding steroid dienone is 1. The fraction of sp³-hybridized carbons (Fsp3) is 0.714. The molecular formula is C7H13Cl. The maximum atomic E-state index is 5.59. The molecule has 0 spiro atoms. The molecule has 0 amide bonds. The number of alkyl halides is 1. The Hall–Kier alpha value is 0.0300. The van der Waals surface area contributed by atoms with Crippen LogP contribution in [0.25, 0.3) is 0 Å². The Morgan fingerprint density at radius 3 is 2.12 bits per heavy atom. The molecule has 0 bridgehead atoms. The summed E-state index contributed by atoms with van der Waals surface area (Å²) in [4.78, 5) is 0. The zero-order valence-corrected chi connectivity index (χ0v) is 6.28. The summed E-state index contributed by atoms with van der Waals surface area (Å²) >= 11 is 5.59. The summed E-state index contributed by atoms with van der Waals surface area (Å²) in [5, 5.41) is 0. The van der Waals surface area contributed by atoms with Crippen molar-refractivity contribution in [3.8, 4) is 0 Å². The van der Waals surface area contributed by atoms with E-state index in [0.29, 0.717) is 17.7 Å². The van der Waals surface area contributed by atoms with Crippen LogP contribution < -0.4 is 0 Å². The minimum absolute atomic E-state index is 0.483. The molecule has 0 aromatic rings. The Bertz CT molecular complexity index is 66.8. The third-order valence-corrected chi connectivity index (χ3v) is 1.69. The lowest BCUT2D eigenvalue weighted by Gasteiger charge is -2.10. The van der Waals surface area contributed by atoms with Crippen LogP contribution in [-0.2, 0) is 0 Å². The van der Waals surface area contributed by atoms with Gasteiger partial charge in [-0.05, 0) is 11.8 Å². The van der Waals surface area contributed by atoms with Gasteiger partial charge in [-0.25, -0.2) is 0 Å². The smallest absolute Gasteiger partial charge is 0.0288 e. The second-order valence-corrected chi connectivity index (χ2v) is 2.61. The van der Waals surface area contributed by atoms with Gasteiger partial charge in [-0.3, -0.25) is 0 Å². The molecule has 0 N–H and O–H groups in total. The van der Waals surface area contributed by atoms with Crippen LogP contribution in [0.15, 0.2) is 12.7 Å². The first kappa shape index (κ1) is 8.03. The molecule has 0 saturated carbocycles. The Morgan fingerprint density at radius 1 is 1.62 bits per heavy atom. The van der Waals surface area contributed by atoms with Gasteiger partial charge < -0.3 is 0 Å². The molecule has 0 aromatic heterocycles. The number of hydrogen-bond acceptors (Lipinski definition) is 0. The predicted octanol–water partition coefficient (Wildman–Crippen LogP) is 2.68. The van der Waals surface area contributed by atoms with Gasteiger partial charge >= 0.3 is 0 Å². The molecule has 0 aliphatic heterocycles. The maximum Gasteiger partial charge on any atom is 0.0288 e. The van der Waals surface area contributed by atoms with E-state index in [0.717, 1.165) is 0 Å². The quantitative estimate of drug-likeness (QED) is 0.409. The van der Waals surface area contributed by atoms with Crippen LogP contribution in [0.3, 0.4) is 0 Å². The molecule has 0 fully saturated rings. The molecule has 0 rings (SSSR count). The summed E-state index contributed by atoms with van der Waals surface area (Å²) in [7, 11) is 0. The molecule has 1 heteroatoms.